The fraction of sp³-hybridized carbons (Fsp3) is 0.286. The van der Waals surface area contributed by atoms with Crippen LogP contribution in [0.1, 0.15) is 42.5 Å². The molecular formula is C35H30ClF2N7O3. The van der Waals surface area contributed by atoms with Gasteiger partial charge in [-0.15, -0.1) is 5.10 Å². The summed E-state index contributed by atoms with van der Waals surface area (Å²) in [6.45, 7) is 6.99. The van der Waals surface area contributed by atoms with E-state index in [0.717, 1.165) is 24.5 Å². The molecule has 5 aromatic rings. The van der Waals surface area contributed by atoms with Gasteiger partial charge in [0.05, 0.1) is 11.6 Å². The van der Waals surface area contributed by atoms with Gasteiger partial charge in [0, 0.05) is 53.7 Å². The van der Waals surface area contributed by atoms with Gasteiger partial charge in [-0.3, -0.25) is 4.79 Å². The summed E-state index contributed by atoms with van der Waals surface area (Å²) < 4.78 is 37.9. The third kappa shape index (κ3) is 4.93. The van der Waals surface area contributed by atoms with E-state index in [2.05, 4.69) is 11.6 Å². The number of aromatic nitrogens is 5. The lowest BCUT2D eigenvalue weighted by Gasteiger charge is -2.40. The second-order valence-electron chi connectivity index (χ2n) is 12.4. The van der Waals surface area contributed by atoms with Crippen LogP contribution >= 0.6 is 11.6 Å². The Kier molecular flexibility index (Phi) is 7.28. The van der Waals surface area contributed by atoms with E-state index in [1.165, 1.54) is 16.7 Å². The first kappa shape index (κ1) is 30.2. The summed E-state index contributed by atoms with van der Waals surface area (Å²) in [7, 11) is 0. The van der Waals surface area contributed by atoms with Crippen LogP contribution in [0.25, 0.3) is 27.8 Å². The van der Waals surface area contributed by atoms with Gasteiger partial charge < -0.3 is 14.5 Å². The van der Waals surface area contributed by atoms with Gasteiger partial charge in [0.1, 0.15) is 23.6 Å². The number of piperazine rings is 1. The Balaban J connectivity index is 1.38. The third-order valence-electron chi connectivity index (χ3n) is 9.26. The van der Waals surface area contributed by atoms with Crippen molar-refractivity contribution in [2.24, 2.45) is 0 Å². The first-order valence-corrected chi connectivity index (χ1v) is 16.2. The smallest absolute Gasteiger partial charge is 0.356 e. The van der Waals surface area contributed by atoms with E-state index >= 15 is 4.39 Å². The molecule has 3 aromatic carbocycles. The van der Waals surface area contributed by atoms with E-state index in [1.807, 2.05) is 42.2 Å². The molecule has 10 nitrogen and oxygen atoms in total. The summed E-state index contributed by atoms with van der Waals surface area (Å²) in [5.41, 5.74) is 1.83. The maximum atomic E-state index is 15.5. The molecule has 0 unspecified atom stereocenters. The van der Waals surface area contributed by atoms with Crippen molar-refractivity contribution in [1.82, 2.24) is 29.4 Å². The Morgan fingerprint density at radius 1 is 1.08 bits per heavy atom. The fourth-order valence-corrected chi connectivity index (χ4v) is 7.07. The second-order valence-corrected chi connectivity index (χ2v) is 12.8. The molecule has 1 saturated heterocycles. The van der Waals surface area contributed by atoms with Crippen LogP contribution < -0.4 is 15.3 Å². The largest absolute Gasteiger partial charge is 0.486 e. The highest BCUT2D eigenvalue weighted by Crippen LogP contribution is 2.50. The highest BCUT2D eigenvalue weighted by molar-refractivity contribution is 6.35. The number of anilines is 1. The van der Waals surface area contributed by atoms with Gasteiger partial charge in [-0.25, -0.2) is 18.1 Å². The number of carbonyl (C=O) groups excluding carboxylic acids is 1. The molecule has 4 heterocycles. The Bertz CT molecular complexity index is 2200. The van der Waals surface area contributed by atoms with E-state index in [-0.39, 0.29) is 51.9 Å². The maximum Gasteiger partial charge on any atom is 0.356 e. The Hall–Kier alpha value is -5.10. The van der Waals surface area contributed by atoms with Crippen molar-refractivity contribution in [1.29, 1.82) is 0 Å². The van der Waals surface area contributed by atoms with Gasteiger partial charge in [-0.1, -0.05) is 54.6 Å². The van der Waals surface area contributed by atoms with Crippen molar-refractivity contribution in [3.63, 3.8) is 0 Å². The molecule has 1 atom stereocenters. The first-order valence-electron chi connectivity index (χ1n) is 15.8. The summed E-state index contributed by atoms with van der Waals surface area (Å²) in [6, 6.07) is 13.7. The maximum absolute atomic E-state index is 15.5. The van der Waals surface area contributed by atoms with Gasteiger partial charge >= 0.3 is 5.69 Å². The molecule has 1 aliphatic carbocycles. The highest BCUT2D eigenvalue weighted by Gasteiger charge is 2.37. The third-order valence-corrected chi connectivity index (χ3v) is 9.56. The number of fused-ring (bicyclic) bond motifs is 5. The molecule has 2 aromatic heterocycles. The van der Waals surface area contributed by atoms with Crippen LogP contribution in [0.3, 0.4) is 0 Å². The molecule has 0 bridgehead atoms. The van der Waals surface area contributed by atoms with Crippen molar-refractivity contribution in [2.75, 3.05) is 24.5 Å². The summed E-state index contributed by atoms with van der Waals surface area (Å²) >= 11 is 6.93. The minimum Gasteiger partial charge on any atom is -0.486 e. The quantitative estimate of drug-likeness (QED) is 0.217. The van der Waals surface area contributed by atoms with Crippen LogP contribution in [-0.4, -0.2) is 61.0 Å². The minimum absolute atomic E-state index is 0.0134. The molecule has 2 aliphatic heterocycles. The minimum atomic E-state index is -1.05. The average molecular weight is 670 g/mol. The van der Waals surface area contributed by atoms with E-state index in [4.69, 9.17) is 26.5 Å². The molecule has 0 radical (unpaired) electrons. The van der Waals surface area contributed by atoms with Crippen LogP contribution in [0, 0.1) is 11.6 Å². The van der Waals surface area contributed by atoms with Gasteiger partial charge in [0.2, 0.25) is 5.91 Å². The van der Waals surface area contributed by atoms with Crippen molar-refractivity contribution >= 4 is 34.2 Å². The number of rotatable bonds is 6. The van der Waals surface area contributed by atoms with Crippen molar-refractivity contribution in [2.45, 2.75) is 44.9 Å². The SMILES string of the molecule is C=CC(=O)N1CCN(c2nc(=O)n(-c3nn(Cc4ccccc4)nc3C3CC3)c3c4c(c(Cl)cc23)-c2c(ccc(F)c2F)CO4)[C@@H](C)C1. The lowest BCUT2D eigenvalue weighted by atomic mass is 9.94. The molecule has 1 saturated carbocycles. The van der Waals surface area contributed by atoms with Crippen LogP contribution in [0.2, 0.25) is 5.02 Å². The van der Waals surface area contributed by atoms with Crippen LogP contribution in [-0.2, 0) is 17.9 Å². The Labute approximate surface area is 278 Å². The second kappa shape index (κ2) is 11.6. The first-order chi connectivity index (χ1) is 23.2. The topological polar surface area (TPSA) is 98.4 Å². The van der Waals surface area contributed by atoms with Crippen molar-refractivity contribution in [3.8, 4) is 22.7 Å². The van der Waals surface area contributed by atoms with E-state index < -0.39 is 17.3 Å². The van der Waals surface area contributed by atoms with E-state index in [9.17, 15) is 14.0 Å². The number of carbonyl (C=O) groups is 1. The summed E-state index contributed by atoms with van der Waals surface area (Å²) in [5.74, 6) is -1.39. The molecule has 8 rings (SSSR count). The van der Waals surface area contributed by atoms with Crippen LogP contribution in [0.4, 0.5) is 14.6 Å². The van der Waals surface area contributed by atoms with Crippen LogP contribution in [0.5, 0.6) is 5.75 Å². The average Bonchev–Trinajstić information content (AvgIpc) is 3.86. The van der Waals surface area contributed by atoms with Crippen molar-refractivity contribution < 1.29 is 18.3 Å². The Morgan fingerprint density at radius 2 is 1.88 bits per heavy atom. The zero-order valence-corrected chi connectivity index (χ0v) is 26.8. The summed E-state index contributed by atoms with van der Waals surface area (Å²) in [5, 5.41) is 10.2. The number of halogens is 3. The van der Waals surface area contributed by atoms with Crippen molar-refractivity contribution in [3.05, 3.63) is 105 Å². The van der Waals surface area contributed by atoms with Gasteiger partial charge in [0.15, 0.2) is 23.2 Å². The number of ether oxygens (including phenoxy) is 1. The normalized spacial score (nSPS) is 17.2. The van der Waals surface area contributed by atoms with E-state index in [1.54, 1.807) is 15.8 Å². The molecule has 0 N–H and O–H groups in total. The molecule has 3 aliphatic rings. The monoisotopic (exact) mass is 669 g/mol. The van der Waals surface area contributed by atoms with E-state index in [0.29, 0.717) is 54.5 Å². The number of amides is 1. The van der Waals surface area contributed by atoms with Crippen LogP contribution in [0.15, 0.2) is 66.0 Å². The van der Waals surface area contributed by atoms with Gasteiger partial charge in [0.25, 0.3) is 0 Å². The number of hydrogen-bond donors (Lipinski definition) is 0. The molecule has 244 valence electrons. The lowest BCUT2D eigenvalue weighted by molar-refractivity contribution is -0.126. The number of hydrogen-bond acceptors (Lipinski definition) is 7. The molecule has 13 heteroatoms. The molecule has 1 amide bonds. The molecule has 0 spiro atoms. The predicted octanol–water partition coefficient (Wildman–Crippen LogP) is 5.62. The fourth-order valence-electron chi connectivity index (χ4n) is 6.78. The molecule has 2 fully saturated rings. The molecular weight excluding hydrogens is 640 g/mol. The zero-order valence-electron chi connectivity index (χ0n) is 26.0. The van der Waals surface area contributed by atoms with Gasteiger partial charge in [-0.05, 0) is 43.5 Å². The van der Waals surface area contributed by atoms with Gasteiger partial charge in [-0.2, -0.15) is 14.9 Å². The highest BCUT2D eigenvalue weighted by atomic mass is 35.5. The standard InChI is InChI=1S/C35H30ClF2N7O3/c1-3-26(46)42-13-14-43(19(2)16-42)33-23-15-24(36)28-27-22(11-12-25(37)29(27)38)18-48-32(28)31(23)45(35(47)39-33)34-30(21-9-10-21)40-44(41-34)17-20-7-5-4-6-8-20/h3-8,11-12,15,19,21H,1,9-10,13-14,16-18H2,2H3/t19-/m0/s1. The zero-order chi connectivity index (χ0) is 33.3. The number of benzene rings is 3. The number of nitrogens with zero attached hydrogens (tertiary/aromatic N) is 7. The summed E-state index contributed by atoms with van der Waals surface area (Å²) in [4.78, 5) is 36.6. The predicted molar refractivity (Wildman–Crippen MR) is 177 cm³/mol. The Morgan fingerprint density at radius 3 is 2.60 bits per heavy atom. The summed E-state index contributed by atoms with van der Waals surface area (Å²) in [6.07, 6.45) is 3.06. The lowest BCUT2D eigenvalue weighted by Crippen LogP contribution is -2.54. The molecule has 48 heavy (non-hydrogen) atoms.